The molecule has 0 saturated heterocycles. The molecule has 0 spiro atoms. The molecule has 0 amide bonds. The van der Waals surface area contributed by atoms with Crippen molar-refractivity contribution in [2.45, 2.75) is 40.3 Å². The molecular weight excluding hydrogens is 278 g/mol. The van der Waals surface area contributed by atoms with Crippen LogP contribution < -0.4 is 20.1 Å². The van der Waals surface area contributed by atoms with Crippen LogP contribution in [0.1, 0.15) is 33.3 Å². The van der Waals surface area contributed by atoms with Gasteiger partial charge in [0.15, 0.2) is 17.5 Å². The molecule has 0 aliphatic rings. The second kappa shape index (κ2) is 9.18. The summed E-state index contributed by atoms with van der Waals surface area (Å²) in [6.45, 7) is 9.77. The van der Waals surface area contributed by atoms with Crippen molar-refractivity contribution < 1.29 is 9.47 Å². The van der Waals surface area contributed by atoms with E-state index in [2.05, 4.69) is 36.4 Å². The van der Waals surface area contributed by atoms with Crippen molar-refractivity contribution in [3.05, 3.63) is 23.8 Å². The zero-order chi connectivity index (χ0) is 16.5. The van der Waals surface area contributed by atoms with Crippen LogP contribution in [0.2, 0.25) is 0 Å². The van der Waals surface area contributed by atoms with E-state index in [-0.39, 0.29) is 0 Å². The minimum absolute atomic E-state index is 0.362. The molecule has 1 aromatic carbocycles. The zero-order valence-electron chi connectivity index (χ0n) is 14.6. The Morgan fingerprint density at radius 3 is 2.50 bits per heavy atom. The van der Waals surface area contributed by atoms with Gasteiger partial charge in [-0.05, 0) is 37.5 Å². The van der Waals surface area contributed by atoms with E-state index in [9.17, 15) is 0 Å². The topological polar surface area (TPSA) is 54.9 Å². The number of aliphatic imine (C=N–C) groups is 1. The number of guanidine groups is 1. The van der Waals surface area contributed by atoms with E-state index in [1.165, 1.54) is 0 Å². The normalized spacial score (nSPS) is 13.0. The van der Waals surface area contributed by atoms with Gasteiger partial charge in [-0.3, -0.25) is 4.99 Å². The monoisotopic (exact) mass is 307 g/mol. The van der Waals surface area contributed by atoms with Gasteiger partial charge < -0.3 is 20.1 Å². The minimum Gasteiger partial charge on any atom is -0.493 e. The highest BCUT2D eigenvalue weighted by atomic mass is 16.5. The Kier molecular flexibility index (Phi) is 7.57. The van der Waals surface area contributed by atoms with Crippen molar-refractivity contribution in [2.75, 3.05) is 20.8 Å². The maximum Gasteiger partial charge on any atom is 0.191 e. The first-order valence-corrected chi connectivity index (χ1v) is 7.78. The van der Waals surface area contributed by atoms with Crippen molar-refractivity contribution in [3.63, 3.8) is 0 Å². The molecule has 0 heterocycles. The lowest BCUT2D eigenvalue weighted by Crippen LogP contribution is -2.43. The number of nitrogens with zero attached hydrogens (tertiary/aromatic N) is 1. The molecule has 0 radical (unpaired) electrons. The summed E-state index contributed by atoms with van der Waals surface area (Å²) in [6, 6.07) is 6.31. The molecule has 22 heavy (non-hydrogen) atoms. The van der Waals surface area contributed by atoms with Gasteiger partial charge in [0.1, 0.15) is 0 Å². The summed E-state index contributed by atoms with van der Waals surface area (Å²) in [5.41, 5.74) is 1.11. The van der Waals surface area contributed by atoms with E-state index in [0.29, 0.717) is 25.1 Å². The van der Waals surface area contributed by atoms with Crippen LogP contribution in [0.15, 0.2) is 23.2 Å². The fourth-order valence-corrected chi connectivity index (χ4v) is 1.86. The summed E-state index contributed by atoms with van der Waals surface area (Å²) in [5.74, 6) is 2.86. The molecular formula is C17H29N3O2. The molecule has 124 valence electrons. The van der Waals surface area contributed by atoms with Gasteiger partial charge in [-0.2, -0.15) is 0 Å². The molecule has 0 aromatic heterocycles. The Bertz CT molecular complexity index is 487. The molecule has 5 heteroatoms. The first kappa shape index (κ1) is 18.1. The average Bonchev–Trinajstić information content (AvgIpc) is 2.52. The predicted molar refractivity (Wildman–Crippen MR) is 91.8 cm³/mol. The SMILES string of the molecule is CCOc1ccc(CNC(=NC)NC(C)C(C)C)cc1OC. The third kappa shape index (κ3) is 5.47. The molecule has 0 saturated carbocycles. The lowest BCUT2D eigenvalue weighted by molar-refractivity contribution is 0.310. The summed E-state index contributed by atoms with van der Waals surface area (Å²) in [6.07, 6.45) is 0. The summed E-state index contributed by atoms with van der Waals surface area (Å²) in [4.78, 5) is 4.25. The van der Waals surface area contributed by atoms with Crippen molar-refractivity contribution in [3.8, 4) is 11.5 Å². The summed E-state index contributed by atoms with van der Waals surface area (Å²) in [5, 5.41) is 6.70. The van der Waals surface area contributed by atoms with Crippen LogP contribution in [0, 0.1) is 5.92 Å². The van der Waals surface area contributed by atoms with E-state index in [4.69, 9.17) is 9.47 Å². The number of benzene rings is 1. The number of nitrogens with one attached hydrogen (secondary N) is 2. The largest absolute Gasteiger partial charge is 0.493 e. The molecule has 1 unspecified atom stereocenters. The molecule has 0 bridgehead atoms. The van der Waals surface area contributed by atoms with Crippen molar-refractivity contribution >= 4 is 5.96 Å². The van der Waals surface area contributed by atoms with E-state index in [1.54, 1.807) is 14.2 Å². The fourth-order valence-electron chi connectivity index (χ4n) is 1.86. The Morgan fingerprint density at radius 2 is 1.95 bits per heavy atom. The Morgan fingerprint density at radius 1 is 1.23 bits per heavy atom. The first-order chi connectivity index (χ1) is 10.5. The van der Waals surface area contributed by atoms with Crippen LogP contribution in [0.5, 0.6) is 11.5 Å². The third-order valence-corrected chi connectivity index (χ3v) is 3.58. The predicted octanol–water partition coefficient (Wildman–Crippen LogP) is 2.80. The molecule has 0 fully saturated rings. The lowest BCUT2D eigenvalue weighted by Gasteiger charge is -2.21. The number of hydrogen-bond acceptors (Lipinski definition) is 3. The fraction of sp³-hybridized carbons (Fsp3) is 0.588. The van der Waals surface area contributed by atoms with Crippen LogP contribution in [0.25, 0.3) is 0 Å². The maximum atomic E-state index is 5.53. The second-order valence-corrected chi connectivity index (χ2v) is 5.52. The minimum atomic E-state index is 0.362. The highest BCUT2D eigenvalue weighted by Gasteiger charge is 2.09. The van der Waals surface area contributed by atoms with Gasteiger partial charge >= 0.3 is 0 Å². The summed E-state index contributed by atoms with van der Waals surface area (Å²) in [7, 11) is 3.43. The number of rotatable bonds is 7. The van der Waals surface area contributed by atoms with Gasteiger partial charge in [0.25, 0.3) is 0 Å². The average molecular weight is 307 g/mol. The third-order valence-electron chi connectivity index (χ3n) is 3.58. The Labute approximate surface area is 134 Å². The number of methoxy groups -OCH3 is 1. The number of hydrogen-bond donors (Lipinski definition) is 2. The zero-order valence-corrected chi connectivity index (χ0v) is 14.6. The molecule has 1 aromatic rings. The highest BCUT2D eigenvalue weighted by Crippen LogP contribution is 2.27. The molecule has 1 rings (SSSR count). The molecule has 5 nitrogen and oxygen atoms in total. The van der Waals surface area contributed by atoms with E-state index >= 15 is 0 Å². The Hall–Kier alpha value is -1.91. The van der Waals surface area contributed by atoms with E-state index < -0.39 is 0 Å². The van der Waals surface area contributed by atoms with Gasteiger partial charge in [-0.1, -0.05) is 19.9 Å². The molecule has 2 N–H and O–H groups in total. The van der Waals surface area contributed by atoms with Gasteiger partial charge in [0.05, 0.1) is 13.7 Å². The van der Waals surface area contributed by atoms with Crippen molar-refractivity contribution in [1.82, 2.24) is 10.6 Å². The van der Waals surface area contributed by atoms with Crippen LogP contribution >= 0.6 is 0 Å². The van der Waals surface area contributed by atoms with E-state index in [0.717, 1.165) is 23.0 Å². The van der Waals surface area contributed by atoms with Gasteiger partial charge in [-0.15, -0.1) is 0 Å². The summed E-state index contributed by atoms with van der Waals surface area (Å²) < 4.78 is 10.9. The Balaban J connectivity index is 2.66. The van der Waals surface area contributed by atoms with Gasteiger partial charge in [0.2, 0.25) is 0 Å². The first-order valence-electron chi connectivity index (χ1n) is 7.78. The van der Waals surface area contributed by atoms with Crippen LogP contribution in [0.3, 0.4) is 0 Å². The van der Waals surface area contributed by atoms with Crippen LogP contribution in [-0.2, 0) is 6.54 Å². The lowest BCUT2D eigenvalue weighted by atomic mass is 10.1. The standard InChI is InChI=1S/C17H29N3O2/c1-7-22-15-9-8-14(10-16(15)21-6)11-19-17(18-5)20-13(4)12(2)3/h8-10,12-13H,7,11H2,1-6H3,(H2,18,19,20). The smallest absolute Gasteiger partial charge is 0.191 e. The highest BCUT2D eigenvalue weighted by molar-refractivity contribution is 5.79. The molecule has 0 aliphatic heterocycles. The number of ether oxygens (including phenoxy) is 2. The van der Waals surface area contributed by atoms with Crippen molar-refractivity contribution in [1.29, 1.82) is 0 Å². The quantitative estimate of drug-likeness (QED) is 0.601. The second-order valence-electron chi connectivity index (χ2n) is 5.52. The van der Waals surface area contributed by atoms with Crippen LogP contribution in [0.4, 0.5) is 0 Å². The van der Waals surface area contributed by atoms with Gasteiger partial charge in [0, 0.05) is 19.6 Å². The summed E-state index contributed by atoms with van der Waals surface area (Å²) >= 11 is 0. The molecule has 1 atom stereocenters. The molecule has 0 aliphatic carbocycles. The van der Waals surface area contributed by atoms with Crippen LogP contribution in [-0.4, -0.2) is 32.8 Å². The maximum absolute atomic E-state index is 5.53. The van der Waals surface area contributed by atoms with Crippen molar-refractivity contribution in [2.24, 2.45) is 10.9 Å². The van der Waals surface area contributed by atoms with Gasteiger partial charge in [-0.25, -0.2) is 0 Å². The van der Waals surface area contributed by atoms with E-state index in [1.807, 2.05) is 25.1 Å².